The van der Waals surface area contributed by atoms with Crippen LogP contribution in [0.2, 0.25) is 0 Å². The first-order valence-corrected chi connectivity index (χ1v) is 13.3. The predicted molar refractivity (Wildman–Crippen MR) is 145 cm³/mol. The molecule has 1 amide bonds. The van der Waals surface area contributed by atoms with E-state index in [0.29, 0.717) is 24.0 Å². The second-order valence-corrected chi connectivity index (χ2v) is 10.9. The molecule has 7 nitrogen and oxygen atoms in total. The number of aliphatic hydroxyl groups excluding tert-OH is 1. The van der Waals surface area contributed by atoms with Crippen LogP contribution in [-0.2, 0) is 13.1 Å². The summed E-state index contributed by atoms with van der Waals surface area (Å²) in [5, 5.41) is 16.5. The molecule has 1 saturated carbocycles. The standard InChI is InChI=1S/C28H33N5O2S/c1-16-10-24-25(33-27(14-29)32-24)13-23(16)28(35)31-17(2)18-4-3-5-19(11-18)26-9-8-22(36-26)15-30-20-6-7-21(34)12-20/h3-5,8-11,13,17,20-21,30,34H,6-7,12,14-15,29H2,1-2H3,(H,31,35)(H,32,33)/t17-,20+,21-/m1/s1. The number of nitrogens with two attached hydrogens (primary N) is 1. The number of amides is 1. The second kappa shape index (κ2) is 10.5. The van der Waals surface area contributed by atoms with E-state index in [1.54, 1.807) is 11.3 Å². The predicted octanol–water partition coefficient (Wildman–Crippen LogP) is 4.55. The number of aryl methyl sites for hydroxylation is 1. The zero-order valence-corrected chi connectivity index (χ0v) is 21.5. The zero-order chi connectivity index (χ0) is 25.2. The minimum absolute atomic E-state index is 0.113. The van der Waals surface area contributed by atoms with E-state index < -0.39 is 0 Å². The Kier molecular flexibility index (Phi) is 7.20. The van der Waals surface area contributed by atoms with Gasteiger partial charge in [0, 0.05) is 27.9 Å². The van der Waals surface area contributed by atoms with Gasteiger partial charge in [-0.2, -0.15) is 0 Å². The van der Waals surface area contributed by atoms with Crippen LogP contribution in [0.1, 0.15) is 64.4 Å². The monoisotopic (exact) mass is 503 g/mol. The van der Waals surface area contributed by atoms with Crippen LogP contribution >= 0.6 is 11.3 Å². The van der Waals surface area contributed by atoms with Crippen LogP contribution in [0.3, 0.4) is 0 Å². The molecule has 5 rings (SSSR count). The van der Waals surface area contributed by atoms with Crippen molar-refractivity contribution < 1.29 is 9.90 Å². The molecule has 2 aromatic carbocycles. The number of hydrogen-bond acceptors (Lipinski definition) is 6. The fourth-order valence-corrected chi connectivity index (χ4v) is 5.85. The van der Waals surface area contributed by atoms with Crippen LogP contribution in [-0.4, -0.2) is 33.1 Å². The lowest BCUT2D eigenvalue weighted by atomic mass is 10.0. The summed E-state index contributed by atoms with van der Waals surface area (Å²) in [6.07, 6.45) is 2.61. The highest BCUT2D eigenvalue weighted by molar-refractivity contribution is 7.15. The molecule has 0 saturated heterocycles. The fraction of sp³-hybridized carbons (Fsp3) is 0.357. The maximum atomic E-state index is 13.1. The molecule has 188 valence electrons. The van der Waals surface area contributed by atoms with Gasteiger partial charge in [-0.05, 0) is 80.1 Å². The van der Waals surface area contributed by atoms with Crippen LogP contribution in [0.25, 0.3) is 21.5 Å². The van der Waals surface area contributed by atoms with Gasteiger partial charge in [-0.25, -0.2) is 4.98 Å². The number of aromatic amines is 1. The summed E-state index contributed by atoms with van der Waals surface area (Å²) in [5.41, 5.74) is 11.0. The van der Waals surface area contributed by atoms with Gasteiger partial charge in [0.15, 0.2) is 0 Å². The molecule has 1 aliphatic rings. The van der Waals surface area contributed by atoms with E-state index in [1.807, 2.05) is 38.1 Å². The Morgan fingerprint density at radius 1 is 1.25 bits per heavy atom. The first kappa shape index (κ1) is 24.6. The van der Waals surface area contributed by atoms with Crippen LogP contribution in [0, 0.1) is 6.92 Å². The third-order valence-electron chi connectivity index (χ3n) is 6.97. The lowest BCUT2D eigenvalue weighted by molar-refractivity contribution is 0.0939. The van der Waals surface area contributed by atoms with Crippen molar-refractivity contribution in [3.63, 3.8) is 0 Å². The van der Waals surface area contributed by atoms with E-state index in [4.69, 9.17) is 5.73 Å². The molecule has 8 heteroatoms. The molecule has 1 aliphatic carbocycles. The maximum absolute atomic E-state index is 13.1. The topological polar surface area (TPSA) is 116 Å². The van der Waals surface area contributed by atoms with Crippen molar-refractivity contribution in [2.75, 3.05) is 0 Å². The summed E-state index contributed by atoms with van der Waals surface area (Å²) in [7, 11) is 0. The Morgan fingerprint density at radius 3 is 2.89 bits per heavy atom. The average molecular weight is 504 g/mol. The van der Waals surface area contributed by atoms with Gasteiger partial charge in [0.05, 0.1) is 29.7 Å². The van der Waals surface area contributed by atoms with Crippen LogP contribution < -0.4 is 16.4 Å². The lowest BCUT2D eigenvalue weighted by Gasteiger charge is -2.16. The third-order valence-corrected chi connectivity index (χ3v) is 8.10. The van der Waals surface area contributed by atoms with Crippen LogP contribution in [0.15, 0.2) is 48.5 Å². The summed E-state index contributed by atoms with van der Waals surface area (Å²) < 4.78 is 0. The molecule has 4 aromatic rings. The van der Waals surface area contributed by atoms with E-state index in [9.17, 15) is 9.90 Å². The second-order valence-electron chi connectivity index (χ2n) is 9.70. The summed E-state index contributed by atoms with van der Waals surface area (Å²) in [6.45, 7) is 5.08. The number of rotatable bonds is 8. The summed E-state index contributed by atoms with van der Waals surface area (Å²) in [6, 6.07) is 16.7. The van der Waals surface area contributed by atoms with Gasteiger partial charge < -0.3 is 26.5 Å². The van der Waals surface area contributed by atoms with Gasteiger partial charge in [0.2, 0.25) is 0 Å². The number of nitrogens with one attached hydrogen (secondary N) is 3. The minimum Gasteiger partial charge on any atom is -0.393 e. The lowest BCUT2D eigenvalue weighted by Crippen LogP contribution is -2.27. The first-order chi connectivity index (χ1) is 17.4. The number of carbonyl (C=O) groups is 1. The Morgan fingerprint density at radius 2 is 2.11 bits per heavy atom. The van der Waals surface area contributed by atoms with Crippen molar-refractivity contribution in [1.82, 2.24) is 20.6 Å². The van der Waals surface area contributed by atoms with Crippen molar-refractivity contribution >= 4 is 28.3 Å². The van der Waals surface area contributed by atoms with Crippen molar-refractivity contribution in [3.8, 4) is 10.4 Å². The largest absolute Gasteiger partial charge is 0.393 e. The van der Waals surface area contributed by atoms with Crippen molar-refractivity contribution in [3.05, 3.63) is 75.9 Å². The number of fused-ring (bicyclic) bond motifs is 1. The Labute approximate surface area is 215 Å². The van der Waals surface area contributed by atoms with Gasteiger partial charge in [-0.3, -0.25) is 4.79 Å². The van der Waals surface area contributed by atoms with Gasteiger partial charge >= 0.3 is 0 Å². The highest BCUT2D eigenvalue weighted by Crippen LogP contribution is 2.30. The highest BCUT2D eigenvalue weighted by Gasteiger charge is 2.22. The number of thiophene rings is 1. The SMILES string of the molecule is Cc1cc2nc(CN)[nH]c2cc1C(=O)N[C@H](C)c1cccc(-c2ccc(CN[C@H]3CC[C@@H](O)C3)s2)c1. The number of carbonyl (C=O) groups excluding carboxylic acids is 1. The van der Waals surface area contributed by atoms with Crippen molar-refractivity contribution in [2.24, 2.45) is 5.73 Å². The number of benzene rings is 2. The molecule has 6 N–H and O–H groups in total. The fourth-order valence-electron chi connectivity index (χ4n) is 4.89. The maximum Gasteiger partial charge on any atom is 0.252 e. The Balaban J connectivity index is 1.26. The molecular weight excluding hydrogens is 470 g/mol. The van der Waals surface area contributed by atoms with E-state index >= 15 is 0 Å². The first-order valence-electron chi connectivity index (χ1n) is 12.5. The van der Waals surface area contributed by atoms with Gasteiger partial charge in [0.1, 0.15) is 5.82 Å². The quantitative estimate of drug-likeness (QED) is 0.242. The van der Waals surface area contributed by atoms with Crippen molar-refractivity contribution in [1.29, 1.82) is 0 Å². The number of hydrogen-bond donors (Lipinski definition) is 5. The summed E-state index contributed by atoms with van der Waals surface area (Å²) in [5.74, 6) is 0.592. The number of nitrogens with zero attached hydrogens (tertiary/aromatic N) is 1. The summed E-state index contributed by atoms with van der Waals surface area (Å²) >= 11 is 1.78. The van der Waals surface area contributed by atoms with E-state index in [2.05, 4.69) is 44.9 Å². The van der Waals surface area contributed by atoms with E-state index in [1.165, 1.54) is 9.75 Å². The van der Waals surface area contributed by atoms with Gasteiger partial charge in [-0.15, -0.1) is 11.3 Å². The molecule has 2 aromatic heterocycles. The summed E-state index contributed by atoms with van der Waals surface area (Å²) in [4.78, 5) is 23.2. The minimum atomic E-state index is -0.159. The third kappa shape index (κ3) is 5.37. The van der Waals surface area contributed by atoms with E-state index in [0.717, 1.165) is 53.5 Å². The van der Waals surface area contributed by atoms with Crippen molar-refractivity contribution in [2.45, 2.75) is 64.4 Å². The molecule has 3 atom stereocenters. The Bertz CT molecular complexity index is 1380. The molecule has 2 heterocycles. The van der Waals surface area contributed by atoms with Crippen LogP contribution in [0.5, 0.6) is 0 Å². The number of aromatic nitrogens is 2. The molecule has 0 radical (unpaired) electrons. The number of H-pyrrole nitrogens is 1. The van der Waals surface area contributed by atoms with Crippen LogP contribution in [0.4, 0.5) is 0 Å². The number of aliphatic hydroxyl groups is 1. The average Bonchev–Trinajstić information content (AvgIpc) is 3.61. The molecular formula is C28H33N5O2S. The molecule has 36 heavy (non-hydrogen) atoms. The molecule has 0 spiro atoms. The van der Waals surface area contributed by atoms with Gasteiger partial charge in [0.25, 0.3) is 5.91 Å². The van der Waals surface area contributed by atoms with Gasteiger partial charge in [-0.1, -0.05) is 18.2 Å². The number of imidazole rings is 1. The molecule has 0 unspecified atom stereocenters. The zero-order valence-electron chi connectivity index (χ0n) is 20.7. The molecule has 0 bridgehead atoms. The van der Waals surface area contributed by atoms with E-state index in [-0.39, 0.29) is 18.1 Å². The normalized spacial score (nSPS) is 18.6. The molecule has 0 aliphatic heterocycles. The highest BCUT2D eigenvalue weighted by atomic mass is 32.1. The smallest absolute Gasteiger partial charge is 0.252 e. The Hall–Kier alpha value is -3.04. The molecule has 1 fully saturated rings.